The predicted molar refractivity (Wildman–Crippen MR) is 59.6 cm³/mol. The molecule has 1 saturated heterocycles. The lowest BCUT2D eigenvalue weighted by atomic mass is 9.99. The molecular weight excluding hydrogens is 192 g/mol. The van der Waals surface area contributed by atoms with Gasteiger partial charge in [0.05, 0.1) is 0 Å². The second kappa shape index (κ2) is 6.80. The fraction of sp³-hybridized carbons (Fsp3) is 0.909. The van der Waals surface area contributed by atoms with Gasteiger partial charge in [0.1, 0.15) is 0 Å². The second-order valence-corrected chi connectivity index (χ2v) is 4.27. The van der Waals surface area contributed by atoms with Crippen molar-refractivity contribution in [2.45, 2.75) is 25.7 Å². The van der Waals surface area contributed by atoms with Crippen LogP contribution in [0, 0.1) is 5.92 Å². The van der Waals surface area contributed by atoms with E-state index < -0.39 is 0 Å². The van der Waals surface area contributed by atoms with Crippen LogP contribution in [0.25, 0.3) is 0 Å². The molecule has 4 nitrogen and oxygen atoms in total. The Morgan fingerprint density at radius 1 is 1.60 bits per heavy atom. The molecule has 0 aliphatic carbocycles. The lowest BCUT2D eigenvalue weighted by molar-refractivity contribution is -0.120. The number of carbonyl (C=O) groups excluding carboxylic acids is 1. The van der Waals surface area contributed by atoms with Crippen LogP contribution in [-0.2, 0) is 4.79 Å². The van der Waals surface area contributed by atoms with E-state index in [0.717, 1.165) is 32.5 Å². The highest BCUT2D eigenvalue weighted by atomic mass is 16.3. The van der Waals surface area contributed by atoms with Crippen molar-refractivity contribution >= 4 is 5.91 Å². The van der Waals surface area contributed by atoms with Crippen LogP contribution in [0.4, 0.5) is 0 Å². The molecule has 0 aromatic rings. The molecular formula is C11H22N2O2. The first-order valence-electron chi connectivity index (χ1n) is 5.80. The van der Waals surface area contributed by atoms with Gasteiger partial charge in [-0.3, -0.25) is 4.79 Å². The fourth-order valence-electron chi connectivity index (χ4n) is 2.09. The molecule has 4 heteroatoms. The van der Waals surface area contributed by atoms with E-state index >= 15 is 0 Å². The number of rotatable bonds is 5. The van der Waals surface area contributed by atoms with Crippen LogP contribution in [0.3, 0.4) is 0 Å². The van der Waals surface area contributed by atoms with E-state index in [9.17, 15) is 4.79 Å². The third kappa shape index (κ3) is 4.62. The molecule has 0 bridgehead atoms. The van der Waals surface area contributed by atoms with Crippen molar-refractivity contribution in [2.24, 2.45) is 5.92 Å². The molecule has 15 heavy (non-hydrogen) atoms. The van der Waals surface area contributed by atoms with Gasteiger partial charge in [0.25, 0.3) is 0 Å². The van der Waals surface area contributed by atoms with Gasteiger partial charge in [-0.25, -0.2) is 0 Å². The van der Waals surface area contributed by atoms with Crippen molar-refractivity contribution in [1.82, 2.24) is 10.2 Å². The van der Waals surface area contributed by atoms with Gasteiger partial charge in [0.2, 0.25) is 5.91 Å². The highest BCUT2D eigenvalue weighted by molar-refractivity contribution is 5.75. The Hall–Kier alpha value is -0.610. The van der Waals surface area contributed by atoms with Crippen LogP contribution in [0.15, 0.2) is 0 Å². The van der Waals surface area contributed by atoms with Crippen LogP contribution in [-0.4, -0.2) is 49.2 Å². The molecule has 0 saturated carbocycles. The number of nitrogens with zero attached hydrogens (tertiary/aromatic N) is 1. The number of hydrogen-bond acceptors (Lipinski definition) is 3. The maximum absolute atomic E-state index is 11.0. The molecule has 0 aromatic carbocycles. The van der Waals surface area contributed by atoms with Crippen molar-refractivity contribution in [3.63, 3.8) is 0 Å². The normalized spacial score (nSPS) is 22.7. The zero-order chi connectivity index (χ0) is 11.1. The van der Waals surface area contributed by atoms with E-state index in [1.54, 1.807) is 7.05 Å². The second-order valence-electron chi connectivity index (χ2n) is 4.27. The van der Waals surface area contributed by atoms with E-state index in [0.29, 0.717) is 18.9 Å². The molecule has 1 fully saturated rings. The highest BCUT2D eigenvalue weighted by Crippen LogP contribution is 2.15. The summed E-state index contributed by atoms with van der Waals surface area (Å²) in [6.45, 7) is 3.38. The van der Waals surface area contributed by atoms with Gasteiger partial charge < -0.3 is 15.3 Å². The summed E-state index contributed by atoms with van der Waals surface area (Å²) in [4.78, 5) is 13.4. The minimum absolute atomic E-state index is 0.116. The predicted octanol–water partition coefficient (Wildman–Crippen LogP) is 0.217. The first kappa shape index (κ1) is 12.5. The SMILES string of the molecule is CNC(=O)CCCN1CCCC(CO)C1. The maximum atomic E-state index is 11.0. The lowest BCUT2D eigenvalue weighted by Gasteiger charge is -2.31. The van der Waals surface area contributed by atoms with Crippen LogP contribution in [0.2, 0.25) is 0 Å². The van der Waals surface area contributed by atoms with Gasteiger partial charge in [-0.1, -0.05) is 0 Å². The zero-order valence-corrected chi connectivity index (χ0v) is 9.54. The van der Waals surface area contributed by atoms with E-state index in [-0.39, 0.29) is 5.91 Å². The van der Waals surface area contributed by atoms with Gasteiger partial charge >= 0.3 is 0 Å². The Morgan fingerprint density at radius 2 is 2.40 bits per heavy atom. The average Bonchev–Trinajstić information content (AvgIpc) is 2.29. The van der Waals surface area contributed by atoms with Crippen LogP contribution in [0.1, 0.15) is 25.7 Å². The number of carbonyl (C=O) groups is 1. The Kier molecular flexibility index (Phi) is 5.65. The van der Waals surface area contributed by atoms with E-state index in [2.05, 4.69) is 10.2 Å². The molecule has 1 heterocycles. The molecule has 1 aliphatic heterocycles. The van der Waals surface area contributed by atoms with Crippen LogP contribution >= 0.6 is 0 Å². The Morgan fingerprint density at radius 3 is 3.07 bits per heavy atom. The van der Waals surface area contributed by atoms with Gasteiger partial charge in [-0.2, -0.15) is 0 Å². The average molecular weight is 214 g/mol. The first-order valence-corrected chi connectivity index (χ1v) is 5.80. The van der Waals surface area contributed by atoms with Crippen LogP contribution in [0.5, 0.6) is 0 Å². The van der Waals surface area contributed by atoms with Gasteiger partial charge in [0, 0.05) is 26.6 Å². The number of nitrogens with one attached hydrogen (secondary N) is 1. The summed E-state index contributed by atoms with van der Waals surface area (Å²) in [6, 6.07) is 0. The molecule has 1 unspecified atom stereocenters. The molecule has 88 valence electrons. The van der Waals surface area contributed by atoms with Crippen molar-refractivity contribution in [3.05, 3.63) is 0 Å². The summed E-state index contributed by atoms with van der Waals surface area (Å²) in [5.74, 6) is 0.560. The lowest BCUT2D eigenvalue weighted by Crippen LogP contribution is -2.37. The minimum Gasteiger partial charge on any atom is -0.396 e. The van der Waals surface area contributed by atoms with E-state index in [4.69, 9.17) is 5.11 Å². The number of amides is 1. The Balaban J connectivity index is 2.12. The van der Waals surface area contributed by atoms with Gasteiger partial charge in [-0.15, -0.1) is 0 Å². The van der Waals surface area contributed by atoms with Crippen molar-refractivity contribution < 1.29 is 9.90 Å². The molecule has 0 aromatic heterocycles. The monoisotopic (exact) mass is 214 g/mol. The number of hydrogen-bond donors (Lipinski definition) is 2. The van der Waals surface area contributed by atoms with Gasteiger partial charge in [-0.05, 0) is 38.3 Å². The molecule has 0 spiro atoms. The third-order valence-electron chi connectivity index (χ3n) is 3.02. The van der Waals surface area contributed by atoms with Crippen molar-refractivity contribution in [1.29, 1.82) is 0 Å². The first-order chi connectivity index (χ1) is 7.26. The summed E-state index contributed by atoms with van der Waals surface area (Å²) in [7, 11) is 1.67. The highest BCUT2D eigenvalue weighted by Gasteiger charge is 2.18. The summed E-state index contributed by atoms with van der Waals surface area (Å²) in [6.07, 6.45) is 3.84. The quantitative estimate of drug-likeness (QED) is 0.688. The maximum Gasteiger partial charge on any atom is 0.219 e. The Labute approximate surface area is 91.6 Å². The van der Waals surface area contributed by atoms with Crippen molar-refractivity contribution in [3.8, 4) is 0 Å². The molecule has 1 amide bonds. The van der Waals surface area contributed by atoms with E-state index in [1.807, 2.05) is 0 Å². The van der Waals surface area contributed by atoms with E-state index in [1.165, 1.54) is 6.42 Å². The minimum atomic E-state index is 0.116. The molecule has 2 N–H and O–H groups in total. The van der Waals surface area contributed by atoms with Gasteiger partial charge in [0.15, 0.2) is 0 Å². The number of likely N-dealkylation sites (tertiary alicyclic amines) is 1. The smallest absolute Gasteiger partial charge is 0.219 e. The third-order valence-corrected chi connectivity index (χ3v) is 3.02. The summed E-state index contributed by atoms with van der Waals surface area (Å²) in [5, 5.41) is 11.7. The Bertz CT molecular complexity index is 197. The molecule has 0 radical (unpaired) electrons. The summed E-state index contributed by atoms with van der Waals surface area (Å²) in [5.41, 5.74) is 0. The molecule has 1 atom stereocenters. The number of aliphatic hydroxyl groups is 1. The standard InChI is InChI=1S/C11H22N2O2/c1-12-11(15)5-3-7-13-6-2-4-10(8-13)9-14/h10,14H,2-9H2,1H3,(H,12,15). The fourth-order valence-corrected chi connectivity index (χ4v) is 2.09. The molecule has 1 rings (SSSR count). The largest absolute Gasteiger partial charge is 0.396 e. The van der Waals surface area contributed by atoms with Crippen LogP contribution < -0.4 is 5.32 Å². The summed E-state index contributed by atoms with van der Waals surface area (Å²) < 4.78 is 0. The number of aliphatic hydroxyl groups excluding tert-OH is 1. The van der Waals surface area contributed by atoms with Crippen molar-refractivity contribution in [2.75, 3.05) is 33.3 Å². The zero-order valence-electron chi connectivity index (χ0n) is 9.54. The number of piperidine rings is 1. The topological polar surface area (TPSA) is 52.6 Å². The summed E-state index contributed by atoms with van der Waals surface area (Å²) >= 11 is 0. The molecule has 1 aliphatic rings.